The molecule has 0 radical (unpaired) electrons. The Labute approximate surface area is 158 Å². The van der Waals surface area contributed by atoms with Gasteiger partial charge in [0.1, 0.15) is 18.1 Å². The van der Waals surface area contributed by atoms with E-state index in [4.69, 9.17) is 9.47 Å². The Hall–Kier alpha value is -3.28. The van der Waals surface area contributed by atoms with Crippen molar-refractivity contribution in [1.82, 2.24) is 15.6 Å². The summed E-state index contributed by atoms with van der Waals surface area (Å²) in [6.45, 7) is 1.35. The number of carbonyl (C=O) groups is 1. The van der Waals surface area contributed by atoms with Crippen molar-refractivity contribution in [2.75, 3.05) is 26.8 Å². The lowest BCUT2D eigenvalue weighted by Gasteiger charge is -2.11. The topological polar surface area (TPSA) is 72.5 Å². The number of rotatable bonds is 8. The first-order valence-electron chi connectivity index (χ1n) is 8.87. The molecule has 6 nitrogen and oxygen atoms in total. The van der Waals surface area contributed by atoms with Gasteiger partial charge in [-0.05, 0) is 42.3 Å². The number of ether oxygens (including phenoxy) is 2. The molecule has 1 aromatic heterocycles. The van der Waals surface area contributed by atoms with Gasteiger partial charge in [-0.25, -0.2) is 4.79 Å². The monoisotopic (exact) mass is 365 g/mol. The number of urea groups is 1. The first-order chi connectivity index (χ1) is 13.3. The maximum Gasteiger partial charge on any atom is 0.314 e. The van der Waals surface area contributed by atoms with Gasteiger partial charge in [0.2, 0.25) is 0 Å². The fourth-order valence-corrected chi connectivity index (χ4v) is 2.76. The van der Waals surface area contributed by atoms with Crippen LogP contribution in [0.25, 0.3) is 10.9 Å². The minimum absolute atomic E-state index is 0.212. The molecule has 2 aromatic carbocycles. The Balaban J connectivity index is 1.35. The Bertz CT molecular complexity index is 898. The van der Waals surface area contributed by atoms with Crippen LogP contribution in [0.5, 0.6) is 11.5 Å². The Morgan fingerprint density at radius 2 is 1.89 bits per heavy atom. The van der Waals surface area contributed by atoms with E-state index in [0.29, 0.717) is 26.1 Å². The summed E-state index contributed by atoms with van der Waals surface area (Å²) in [5, 5.41) is 6.65. The van der Waals surface area contributed by atoms with E-state index in [1.54, 1.807) is 13.3 Å². The van der Waals surface area contributed by atoms with Crippen molar-refractivity contribution in [1.29, 1.82) is 0 Å². The van der Waals surface area contributed by atoms with Crippen molar-refractivity contribution >= 4 is 16.9 Å². The highest BCUT2D eigenvalue weighted by Crippen LogP contribution is 2.19. The molecule has 0 aliphatic heterocycles. The average Bonchev–Trinajstić information content (AvgIpc) is 2.71. The van der Waals surface area contributed by atoms with Crippen LogP contribution in [-0.2, 0) is 6.42 Å². The van der Waals surface area contributed by atoms with E-state index < -0.39 is 0 Å². The number of pyridine rings is 1. The van der Waals surface area contributed by atoms with Crippen LogP contribution < -0.4 is 20.1 Å². The van der Waals surface area contributed by atoms with Gasteiger partial charge in [-0.1, -0.05) is 24.3 Å². The Kier molecular flexibility index (Phi) is 6.46. The van der Waals surface area contributed by atoms with E-state index in [1.165, 1.54) is 0 Å². The second-order valence-corrected chi connectivity index (χ2v) is 5.95. The van der Waals surface area contributed by atoms with Crippen molar-refractivity contribution in [2.45, 2.75) is 6.42 Å². The van der Waals surface area contributed by atoms with Crippen LogP contribution in [-0.4, -0.2) is 37.8 Å². The van der Waals surface area contributed by atoms with Crippen molar-refractivity contribution < 1.29 is 14.3 Å². The van der Waals surface area contributed by atoms with Gasteiger partial charge >= 0.3 is 6.03 Å². The predicted octanol–water partition coefficient (Wildman–Crippen LogP) is 3.16. The molecule has 3 aromatic rings. The molecule has 1 heterocycles. The van der Waals surface area contributed by atoms with Crippen LogP contribution in [0, 0.1) is 0 Å². The molecule has 0 aliphatic rings. The van der Waals surface area contributed by atoms with E-state index in [2.05, 4.69) is 15.6 Å². The summed E-state index contributed by atoms with van der Waals surface area (Å²) in [7, 11) is 1.64. The molecule has 6 heteroatoms. The Morgan fingerprint density at radius 1 is 1.04 bits per heavy atom. The Morgan fingerprint density at radius 3 is 2.78 bits per heavy atom. The molecule has 27 heavy (non-hydrogen) atoms. The largest absolute Gasteiger partial charge is 0.496 e. The van der Waals surface area contributed by atoms with E-state index in [1.807, 2.05) is 54.6 Å². The van der Waals surface area contributed by atoms with Crippen LogP contribution in [0.15, 0.2) is 60.8 Å². The molecule has 3 rings (SSSR count). The van der Waals surface area contributed by atoms with Crippen molar-refractivity contribution in [3.63, 3.8) is 0 Å². The zero-order chi connectivity index (χ0) is 18.9. The van der Waals surface area contributed by atoms with Gasteiger partial charge in [0.15, 0.2) is 0 Å². The van der Waals surface area contributed by atoms with Gasteiger partial charge in [0.25, 0.3) is 0 Å². The fourth-order valence-electron chi connectivity index (χ4n) is 2.76. The van der Waals surface area contributed by atoms with Gasteiger partial charge in [-0.15, -0.1) is 0 Å². The standard InChI is InChI=1S/C21H23N3O3/c1-26-20-7-3-2-5-16(20)10-12-23-21(25)24-13-14-27-18-8-9-19-17(15-18)6-4-11-22-19/h2-9,11,15H,10,12-14H2,1H3,(H2,23,24,25). The number of hydrogen-bond donors (Lipinski definition) is 2. The van der Waals surface area contributed by atoms with Crippen LogP contribution in [0.2, 0.25) is 0 Å². The fraction of sp³-hybridized carbons (Fsp3) is 0.238. The molecule has 0 saturated carbocycles. The zero-order valence-corrected chi connectivity index (χ0v) is 15.3. The summed E-state index contributed by atoms with van der Waals surface area (Å²) in [5.41, 5.74) is 1.99. The molecule has 0 atom stereocenters. The maximum atomic E-state index is 11.9. The van der Waals surface area contributed by atoms with Crippen molar-refractivity contribution in [2.24, 2.45) is 0 Å². The third kappa shape index (κ3) is 5.34. The van der Waals surface area contributed by atoms with E-state index in [9.17, 15) is 4.79 Å². The molecule has 0 fully saturated rings. The lowest BCUT2D eigenvalue weighted by molar-refractivity contribution is 0.236. The smallest absolute Gasteiger partial charge is 0.314 e. The van der Waals surface area contributed by atoms with Gasteiger partial charge in [-0.3, -0.25) is 4.98 Å². The molecule has 0 bridgehead atoms. The second-order valence-electron chi connectivity index (χ2n) is 5.95. The van der Waals surface area contributed by atoms with Gasteiger partial charge in [-0.2, -0.15) is 0 Å². The molecule has 0 unspecified atom stereocenters. The molecule has 2 amide bonds. The first-order valence-corrected chi connectivity index (χ1v) is 8.87. The molecular formula is C21H23N3O3. The van der Waals surface area contributed by atoms with Crippen LogP contribution in [0.3, 0.4) is 0 Å². The molecule has 0 aliphatic carbocycles. The third-order valence-electron chi connectivity index (χ3n) is 4.10. The van der Waals surface area contributed by atoms with Crippen LogP contribution in [0.1, 0.15) is 5.56 Å². The van der Waals surface area contributed by atoms with Crippen molar-refractivity contribution in [3.8, 4) is 11.5 Å². The number of amides is 2. The number of para-hydroxylation sites is 1. The number of benzene rings is 2. The number of nitrogens with zero attached hydrogens (tertiary/aromatic N) is 1. The summed E-state index contributed by atoms with van der Waals surface area (Å²) in [6, 6.07) is 17.2. The molecular weight excluding hydrogens is 342 g/mol. The second kappa shape index (κ2) is 9.43. The molecule has 0 spiro atoms. The zero-order valence-electron chi connectivity index (χ0n) is 15.3. The quantitative estimate of drug-likeness (QED) is 0.602. The minimum atomic E-state index is -0.212. The maximum absolute atomic E-state index is 11.9. The number of methoxy groups -OCH3 is 1. The minimum Gasteiger partial charge on any atom is -0.496 e. The summed E-state index contributed by atoms with van der Waals surface area (Å²) in [6.07, 6.45) is 2.47. The van der Waals surface area contributed by atoms with Crippen LogP contribution in [0.4, 0.5) is 4.79 Å². The highest BCUT2D eigenvalue weighted by atomic mass is 16.5. The van der Waals surface area contributed by atoms with Crippen molar-refractivity contribution in [3.05, 3.63) is 66.4 Å². The predicted molar refractivity (Wildman–Crippen MR) is 105 cm³/mol. The lowest BCUT2D eigenvalue weighted by Crippen LogP contribution is -2.38. The molecule has 0 saturated heterocycles. The number of aromatic nitrogens is 1. The number of carbonyl (C=O) groups excluding carboxylic acids is 1. The first kappa shape index (κ1) is 18.5. The van der Waals surface area contributed by atoms with E-state index >= 15 is 0 Å². The third-order valence-corrected chi connectivity index (χ3v) is 4.10. The molecule has 2 N–H and O–H groups in total. The highest BCUT2D eigenvalue weighted by Gasteiger charge is 2.04. The van der Waals surface area contributed by atoms with Gasteiger partial charge < -0.3 is 20.1 Å². The normalized spacial score (nSPS) is 10.4. The summed E-state index contributed by atoms with van der Waals surface area (Å²) in [4.78, 5) is 16.1. The van der Waals surface area contributed by atoms with Crippen LogP contribution >= 0.6 is 0 Å². The number of hydrogen-bond acceptors (Lipinski definition) is 4. The highest BCUT2D eigenvalue weighted by molar-refractivity contribution is 5.79. The van der Waals surface area contributed by atoms with E-state index in [0.717, 1.165) is 28.0 Å². The summed E-state index contributed by atoms with van der Waals surface area (Å²) < 4.78 is 11.0. The summed E-state index contributed by atoms with van der Waals surface area (Å²) >= 11 is 0. The molecule has 140 valence electrons. The number of fused-ring (bicyclic) bond motifs is 1. The van der Waals surface area contributed by atoms with Gasteiger partial charge in [0, 0.05) is 18.1 Å². The lowest BCUT2D eigenvalue weighted by atomic mass is 10.1. The summed E-state index contributed by atoms with van der Waals surface area (Å²) in [5.74, 6) is 1.59. The van der Waals surface area contributed by atoms with E-state index in [-0.39, 0.29) is 6.03 Å². The average molecular weight is 365 g/mol. The number of nitrogens with one attached hydrogen (secondary N) is 2. The van der Waals surface area contributed by atoms with Gasteiger partial charge in [0.05, 0.1) is 19.2 Å². The SMILES string of the molecule is COc1ccccc1CCNC(=O)NCCOc1ccc2ncccc2c1.